The molecule has 1 N–H and O–H groups in total. The number of nitrogens with one attached hydrogen (secondary N) is 1. The average Bonchev–Trinajstić information content (AvgIpc) is 3.49. The van der Waals surface area contributed by atoms with Crippen molar-refractivity contribution in [3.63, 3.8) is 0 Å². The van der Waals surface area contributed by atoms with Crippen molar-refractivity contribution in [2.45, 2.75) is 50.7 Å². The van der Waals surface area contributed by atoms with E-state index in [-0.39, 0.29) is 12.1 Å². The number of nitrogens with zero attached hydrogens (tertiary/aromatic N) is 3. The molecular formula is C24H25BrN4S. The van der Waals surface area contributed by atoms with Crippen LogP contribution in [-0.4, -0.2) is 14.7 Å². The van der Waals surface area contributed by atoms with Crippen LogP contribution in [0.5, 0.6) is 0 Å². The van der Waals surface area contributed by atoms with Crippen molar-refractivity contribution in [1.82, 2.24) is 14.9 Å². The molecule has 5 rings (SSSR count). The quantitative estimate of drug-likeness (QED) is 0.447. The molecule has 154 valence electrons. The molecule has 0 amide bonds. The minimum atomic E-state index is -0.00212. The van der Waals surface area contributed by atoms with Crippen LogP contribution >= 0.6 is 28.1 Å². The lowest BCUT2D eigenvalue weighted by Gasteiger charge is -2.30. The SMILES string of the molecule is Cc1cc(N2C(=S)N[C@H](c3ccccn3)[C@H]2c2cccn2C2CCCC2)ccc1Br. The van der Waals surface area contributed by atoms with E-state index in [2.05, 4.69) is 85.2 Å². The number of pyridine rings is 1. The first-order chi connectivity index (χ1) is 14.6. The molecule has 0 unspecified atom stereocenters. The Morgan fingerprint density at radius 3 is 2.67 bits per heavy atom. The predicted octanol–water partition coefficient (Wildman–Crippen LogP) is 6.25. The van der Waals surface area contributed by atoms with Gasteiger partial charge in [-0.15, -0.1) is 0 Å². The lowest BCUT2D eigenvalue weighted by molar-refractivity contribution is 0.461. The number of halogens is 1. The molecule has 1 aliphatic carbocycles. The van der Waals surface area contributed by atoms with Gasteiger partial charge < -0.3 is 14.8 Å². The summed E-state index contributed by atoms with van der Waals surface area (Å²) >= 11 is 9.50. The molecule has 1 aromatic carbocycles. The van der Waals surface area contributed by atoms with Gasteiger partial charge in [0.25, 0.3) is 0 Å². The van der Waals surface area contributed by atoms with Crippen LogP contribution in [0.25, 0.3) is 0 Å². The molecule has 3 aromatic rings. The minimum absolute atomic E-state index is 0.00212. The molecule has 2 aromatic heterocycles. The highest BCUT2D eigenvalue weighted by Gasteiger charge is 2.42. The number of anilines is 1. The Morgan fingerprint density at radius 2 is 1.93 bits per heavy atom. The summed E-state index contributed by atoms with van der Waals surface area (Å²) in [4.78, 5) is 6.95. The van der Waals surface area contributed by atoms with Gasteiger partial charge in [0.05, 0.1) is 11.7 Å². The maximum Gasteiger partial charge on any atom is 0.174 e. The van der Waals surface area contributed by atoms with Crippen molar-refractivity contribution in [2.75, 3.05) is 4.90 Å². The molecule has 1 saturated heterocycles. The fraction of sp³-hybridized carbons (Fsp3) is 0.333. The van der Waals surface area contributed by atoms with E-state index in [9.17, 15) is 0 Å². The average molecular weight is 481 g/mol. The van der Waals surface area contributed by atoms with Gasteiger partial charge in [-0.2, -0.15) is 0 Å². The standard InChI is InChI=1S/C24H25BrN4S/c1-16-15-18(11-12-19(16)25)29-23(21-10-6-14-28(21)17-7-2-3-8-17)22(27-24(29)30)20-9-4-5-13-26-20/h4-6,9-15,17,22-23H,2-3,7-8H2,1H3,(H,27,30)/t22-,23-/m1/s1. The van der Waals surface area contributed by atoms with Gasteiger partial charge >= 0.3 is 0 Å². The van der Waals surface area contributed by atoms with Crippen LogP contribution < -0.4 is 10.2 Å². The van der Waals surface area contributed by atoms with Gasteiger partial charge in [0, 0.05) is 34.3 Å². The first kappa shape index (κ1) is 19.8. The zero-order valence-corrected chi connectivity index (χ0v) is 19.4. The molecule has 0 radical (unpaired) electrons. The number of aryl methyl sites for hydroxylation is 1. The first-order valence-corrected chi connectivity index (χ1v) is 11.8. The third kappa shape index (κ3) is 3.46. The van der Waals surface area contributed by atoms with Crippen LogP contribution in [0.4, 0.5) is 5.69 Å². The van der Waals surface area contributed by atoms with Gasteiger partial charge in [-0.1, -0.05) is 34.8 Å². The first-order valence-electron chi connectivity index (χ1n) is 10.6. The third-order valence-corrected chi connectivity index (χ3v) is 7.56. The van der Waals surface area contributed by atoms with Gasteiger partial charge in [-0.25, -0.2) is 0 Å². The van der Waals surface area contributed by atoms with E-state index in [1.165, 1.54) is 36.9 Å². The third-order valence-electron chi connectivity index (χ3n) is 6.35. The highest BCUT2D eigenvalue weighted by atomic mass is 79.9. The summed E-state index contributed by atoms with van der Waals surface area (Å²) in [5, 5.41) is 4.33. The predicted molar refractivity (Wildman–Crippen MR) is 129 cm³/mol. The number of hydrogen-bond donors (Lipinski definition) is 1. The van der Waals surface area contributed by atoms with E-state index in [1.807, 2.05) is 18.3 Å². The second kappa shape index (κ2) is 8.16. The molecule has 30 heavy (non-hydrogen) atoms. The Balaban J connectivity index is 1.63. The summed E-state index contributed by atoms with van der Waals surface area (Å²) in [6.07, 6.45) is 9.22. The summed E-state index contributed by atoms with van der Waals surface area (Å²) in [6, 6.07) is 17.6. The van der Waals surface area contributed by atoms with Gasteiger partial charge in [-0.05, 0) is 80.0 Å². The van der Waals surface area contributed by atoms with Crippen molar-refractivity contribution in [1.29, 1.82) is 0 Å². The maximum absolute atomic E-state index is 5.87. The smallest absolute Gasteiger partial charge is 0.174 e. The zero-order valence-electron chi connectivity index (χ0n) is 17.0. The molecule has 1 saturated carbocycles. The molecule has 2 atom stereocenters. The number of benzene rings is 1. The molecule has 1 aliphatic heterocycles. The fourth-order valence-corrected chi connectivity index (χ4v) is 5.48. The Bertz CT molecular complexity index is 1060. The van der Waals surface area contributed by atoms with E-state index in [0.29, 0.717) is 6.04 Å². The Morgan fingerprint density at radius 1 is 1.10 bits per heavy atom. The molecule has 0 spiro atoms. The second-order valence-corrected chi connectivity index (χ2v) is 9.45. The van der Waals surface area contributed by atoms with Crippen LogP contribution in [0.15, 0.2) is 65.4 Å². The second-order valence-electron chi connectivity index (χ2n) is 8.21. The molecule has 2 fully saturated rings. The number of aromatic nitrogens is 2. The fourth-order valence-electron chi connectivity index (χ4n) is 4.88. The van der Waals surface area contributed by atoms with E-state index in [4.69, 9.17) is 12.2 Å². The van der Waals surface area contributed by atoms with Crippen molar-refractivity contribution < 1.29 is 0 Å². The van der Waals surface area contributed by atoms with E-state index in [0.717, 1.165) is 21.0 Å². The highest BCUT2D eigenvalue weighted by molar-refractivity contribution is 9.10. The van der Waals surface area contributed by atoms with Gasteiger partial charge in [0.15, 0.2) is 5.11 Å². The Kier molecular flexibility index (Phi) is 5.37. The molecule has 4 nitrogen and oxygen atoms in total. The Hall–Kier alpha value is -2.18. The van der Waals surface area contributed by atoms with E-state index in [1.54, 1.807) is 0 Å². The van der Waals surface area contributed by atoms with Gasteiger partial charge in [0.2, 0.25) is 0 Å². The lowest BCUT2D eigenvalue weighted by Crippen LogP contribution is -2.30. The summed E-state index contributed by atoms with van der Waals surface area (Å²) in [7, 11) is 0. The largest absolute Gasteiger partial charge is 0.351 e. The topological polar surface area (TPSA) is 33.1 Å². The minimum Gasteiger partial charge on any atom is -0.351 e. The number of rotatable bonds is 4. The van der Waals surface area contributed by atoms with Crippen LogP contribution in [0.1, 0.15) is 60.8 Å². The number of hydrogen-bond acceptors (Lipinski definition) is 2. The number of thiocarbonyl (C=S) groups is 1. The van der Waals surface area contributed by atoms with Crippen molar-refractivity contribution in [3.05, 3.63) is 82.3 Å². The molecule has 0 bridgehead atoms. The van der Waals surface area contributed by atoms with Crippen molar-refractivity contribution in [3.8, 4) is 0 Å². The summed E-state index contributed by atoms with van der Waals surface area (Å²) in [6.45, 7) is 2.12. The van der Waals surface area contributed by atoms with Crippen LogP contribution in [-0.2, 0) is 0 Å². The van der Waals surface area contributed by atoms with Crippen molar-refractivity contribution >= 4 is 38.9 Å². The molecule has 2 aliphatic rings. The lowest BCUT2D eigenvalue weighted by atomic mass is 10.00. The summed E-state index contributed by atoms with van der Waals surface area (Å²) in [5.41, 5.74) is 4.61. The van der Waals surface area contributed by atoms with Crippen molar-refractivity contribution in [2.24, 2.45) is 0 Å². The zero-order chi connectivity index (χ0) is 20.7. The summed E-state index contributed by atoms with van der Waals surface area (Å²) < 4.78 is 3.60. The van der Waals surface area contributed by atoms with Crippen LogP contribution in [0.3, 0.4) is 0 Å². The monoisotopic (exact) mass is 480 g/mol. The summed E-state index contributed by atoms with van der Waals surface area (Å²) in [5.74, 6) is 0. The van der Waals surface area contributed by atoms with E-state index < -0.39 is 0 Å². The van der Waals surface area contributed by atoms with Gasteiger partial charge in [-0.3, -0.25) is 4.98 Å². The van der Waals surface area contributed by atoms with Gasteiger partial charge in [0.1, 0.15) is 6.04 Å². The maximum atomic E-state index is 5.87. The molecule has 6 heteroatoms. The molecular weight excluding hydrogens is 456 g/mol. The van der Waals surface area contributed by atoms with Crippen LogP contribution in [0.2, 0.25) is 0 Å². The van der Waals surface area contributed by atoms with Crippen LogP contribution in [0, 0.1) is 6.92 Å². The normalized spacial score (nSPS) is 21.9. The highest BCUT2D eigenvalue weighted by Crippen LogP contribution is 2.44. The van der Waals surface area contributed by atoms with E-state index >= 15 is 0 Å². The molecule has 3 heterocycles. The Labute approximate surface area is 191 Å².